The molecule has 1 fully saturated rings. The minimum Gasteiger partial charge on any atom is -0.331 e. The fraction of sp³-hybridized carbons (Fsp3) is 1.00. The molecule has 96 valence electrons. The minimum atomic E-state index is 0.956. The number of nitrogens with one attached hydrogen (secondary N) is 2. The Labute approximate surface area is 102 Å². The van der Waals surface area contributed by atoms with Crippen LogP contribution in [0.3, 0.4) is 0 Å². The lowest BCUT2D eigenvalue weighted by molar-refractivity contribution is -0.959. The van der Waals surface area contributed by atoms with Gasteiger partial charge in [0.15, 0.2) is 0 Å². The van der Waals surface area contributed by atoms with Gasteiger partial charge in [0.2, 0.25) is 0 Å². The molecule has 1 aliphatic carbocycles. The molecule has 0 aromatic carbocycles. The largest absolute Gasteiger partial charge is 0.331 e. The number of likely N-dealkylation sites (N-methyl/N-ethyl adjacent to an activating group) is 2. The zero-order chi connectivity index (χ0) is 11.8. The van der Waals surface area contributed by atoms with Gasteiger partial charge in [-0.1, -0.05) is 12.8 Å². The summed E-state index contributed by atoms with van der Waals surface area (Å²) in [6.07, 6.45) is 8.84. The Kier molecular flexibility index (Phi) is 7.06. The van der Waals surface area contributed by atoms with Crippen molar-refractivity contribution in [3.05, 3.63) is 0 Å². The van der Waals surface area contributed by atoms with E-state index in [2.05, 4.69) is 20.9 Å². The second-order valence-corrected chi connectivity index (χ2v) is 5.49. The van der Waals surface area contributed by atoms with Crippen molar-refractivity contribution in [2.75, 3.05) is 33.2 Å². The molecule has 0 spiro atoms. The summed E-state index contributed by atoms with van der Waals surface area (Å²) in [7, 11) is 2.42. The van der Waals surface area contributed by atoms with Gasteiger partial charge in [-0.3, -0.25) is 0 Å². The Balaban J connectivity index is 2.24. The first-order valence-electron chi connectivity index (χ1n) is 7.43. The number of rotatable bonds is 6. The maximum Gasteiger partial charge on any atom is 0.127 e. The molecule has 0 bridgehead atoms. The normalized spacial score (nSPS) is 21.0. The predicted octanol–water partition coefficient (Wildman–Crippen LogP) is 0.149. The zero-order valence-corrected chi connectivity index (χ0v) is 11.6. The first-order valence-corrected chi connectivity index (χ1v) is 7.43. The quantitative estimate of drug-likeness (QED) is 0.599. The smallest absolute Gasteiger partial charge is 0.127 e. The third kappa shape index (κ3) is 4.84. The fourth-order valence-corrected chi connectivity index (χ4v) is 2.95. The summed E-state index contributed by atoms with van der Waals surface area (Å²) in [6.45, 7) is 9.90. The summed E-state index contributed by atoms with van der Waals surface area (Å²) in [5.74, 6) is 0. The van der Waals surface area contributed by atoms with Gasteiger partial charge in [-0.05, 0) is 39.5 Å². The Morgan fingerprint density at radius 1 is 0.875 bits per heavy atom. The SMILES string of the molecule is CC[NH+](CC)CC[NH+](C)C1CCCCCC1. The van der Waals surface area contributed by atoms with Gasteiger partial charge in [0.25, 0.3) is 0 Å². The van der Waals surface area contributed by atoms with Crippen molar-refractivity contribution in [2.24, 2.45) is 0 Å². The van der Waals surface area contributed by atoms with Crippen molar-refractivity contribution < 1.29 is 9.80 Å². The highest BCUT2D eigenvalue weighted by Crippen LogP contribution is 2.15. The summed E-state index contributed by atoms with van der Waals surface area (Å²) in [6, 6.07) is 0.956. The molecule has 1 rings (SSSR count). The Morgan fingerprint density at radius 2 is 1.44 bits per heavy atom. The van der Waals surface area contributed by atoms with Crippen LogP contribution in [0.5, 0.6) is 0 Å². The van der Waals surface area contributed by atoms with Crippen LogP contribution in [0.4, 0.5) is 0 Å². The van der Waals surface area contributed by atoms with E-state index >= 15 is 0 Å². The van der Waals surface area contributed by atoms with Crippen LogP contribution in [0.1, 0.15) is 52.4 Å². The molecular formula is C14H32N2+2. The molecule has 2 heteroatoms. The van der Waals surface area contributed by atoms with E-state index in [1.807, 2.05) is 0 Å². The average Bonchev–Trinajstić information content (AvgIpc) is 2.58. The van der Waals surface area contributed by atoms with E-state index in [1.54, 1.807) is 9.80 Å². The molecule has 0 radical (unpaired) electrons. The van der Waals surface area contributed by atoms with Crippen LogP contribution in [0, 0.1) is 0 Å². The van der Waals surface area contributed by atoms with Crippen molar-refractivity contribution >= 4 is 0 Å². The Bertz CT molecular complexity index is 158. The third-order valence-electron chi connectivity index (χ3n) is 4.42. The van der Waals surface area contributed by atoms with Crippen LogP contribution >= 0.6 is 0 Å². The molecular weight excluding hydrogens is 196 g/mol. The summed E-state index contributed by atoms with van der Waals surface area (Å²) in [5.41, 5.74) is 0. The van der Waals surface area contributed by atoms with E-state index in [9.17, 15) is 0 Å². The zero-order valence-electron chi connectivity index (χ0n) is 11.6. The lowest BCUT2D eigenvalue weighted by Gasteiger charge is -2.25. The van der Waals surface area contributed by atoms with Crippen molar-refractivity contribution in [2.45, 2.75) is 58.4 Å². The molecule has 1 aliphatic rings. The van der Waals surface area contributed by atoms with E-state index < -0.39 is 0 Å². The summed E-state index contributed by atoms with van der Waals surface area (Å²) in [4.78, 5) is 3.55. The molecule has 0 heterocycles. The molecule has 2 N–H and O–H groups in total. The minimum absolute atomic E-state index is 0.956. The predicted molar refractivity (Wildman–Crippen MR) is 70.2 cm³/mol. The topological polar surface area (TPSA) is 8.88 Å². The highest BCUT2D eigenvalue weighted by Gasteiger charge is 2.20. The molecule has 0 aromatic heterocycles. The Morgan fingerprint density at radius 3 is 1.94 bits per heavy atom. The van der Waals surface area contributed by atoms with Crippen LogP contribution in [0.15, 0.2) is 0 Å². The van der Waals surface area contributed by atoms with E-state index in [4.69, 9.17) is 0 Å². The van der Waals surface area contributed by atoms with Gasteiger partial charge in [0, 0.05) is 0 Å². The summed E-state index contributed by atoms with van der Waals surface area (Å²) >= 11 is 0. The van der Waals surface area contributed by atoms with Crippen LogP contribution < -0.4 is 9.80 Å². The van der Waals surface area contributed by atoms with Gasteiger partial charge in [0.05, 0.1) is 26.2 Å². The van der Waals surface area contributed by atoms with Crippen LogP contribution in [0.25, 0.3) is 0 Å². The van der Waals surface area contributed by atoms with Crippen molar-refractivity contribution in [3.8, 4) is 0 Å². The number of hydrogen-bond acceptors (Lipinski definition) is 0. The molecule has 2 nitrogen and oxygen atoms in total. The van der Waals surface area contributed by atoms with Gasteiger partial charge < -0.3 is 9.80 Å². The third-order valence-corrected chi connectivity index (χ3v) is 4.42. The van der Waals surface area contributed by atoms with Crippen molar-refractivity contribution in [1.29, 1.82) is 0 Å². The lowest BCUT2D eigenvalue weighted by Crippen LogP contribution is -3.20. The van der Waals surface area contributed by atoms with Crippen LogP contribution in [-0.2, 0) is 0 Å². The van der Waals surface area contributed by atoms with E-state index in [0.29, 0.717) is 0 Å². The molecule has 0 aromatic rings. The molecule has 16 heavy (non-hydrogen) atoms. The molecule has 1 atom stereocenters. The molecule has 1 saturated carbocycles. The average molecular weight is 228 g/mol. The number of quaternary nitrogens is 2. The van der Waals surface area contributed by atoms with Gasteiger partial charge in [-0.25, -0.2) is 0 Å². The molecule has 0 aliphatic heterocycles. The van der Waals surface area contributed by atoms with Gasteiger partial charge in [-0.15, -0.1) is 0 Å². The monoisotopic (exact) mass is 228 g/mol. The summed E-state index contributed by atoms with van der Waals surface area (Å²) in [5, 5.41) is 0. The van der Waals surface area contributed by atoms with Crippen molar-refractivity contribution in [3.63, 3.8) is 0 Å². The second kappa shape index (κ2) is 8.08. The van der Waals surface area contributed by atoms with Gasteiger partial charge in [-0.2, -0.15) is 0 Å². The van der Waals surface area contributed by atoms with E-state index in [1.165, 1.54) is 64.7 Å². The first-order chi connectivity index (χ1) is 7.77. The molecule has 0 amide bonds. The standard InChI is InChI=1S/C14H30N2/c1-4-16(5-2)13-12-15(3)14-10-8-6-7-9-11-14/h14H,4-13H2,1-3H3/p+2. The number of hydrogen-bond donors (Lipinski definition) is 2. The molecule has 1 unspecified atom stereocenters. The van der Waals surface area contributed by atoms with Gasteiger partial charge >= 0.3 is 0 Å². The molecule has 0 saturated heterocycles. The Hall–Kier alpha value is -0.0800. The maximum absolute atomic E-state index is 2.42. The first kappa shape index (κ1) is 14.0. The summed E-state index contributed by atoms with van der Waals surface area (Å²) < 4.78 is 0. The highest BCUT2D eigenvalue weighted by atomic mass is 15.2. The maximum atomic E-state index is 2.42. The van der Waals surface area contributed by atoms with Crippen molar-refractivity contribution in [1.82, 2.24) is 0 Å². The van der Waals surface area contributed by atoms with E-state index in [-0.39, 0.29) is 0 Å². The van der Waals surface area contributed by atoms with Crippen LogP contribution in [0.2, 0.25) is 0 Å². The van der Waals surface area contributed by atoms with Gasteiger partial charge in [0.1, 0.15) is 13.1 Å². The lowest BCUT2D eigenvalue weighted by atomic mass is 10.1. The van der Waals surface area contributed by atoms with Crippen LogP contribution in [-0.4, -0.2) is 39.3 Å². The second-order valence-electron chi connectivity index (χ2n) is 5.49. The van der Waals surface area contributed by atoms with E-state index in [0.717, 1.165) is 6.04 Å². The highest BCUT2D eigenvalue weighted by molar-refractivity contribution is 4.62. The fourth-order valence-electron chi connectivity index (χ4n) is 2.95.